The van der Waals surface area contributed by atoms with Crippen LogP contribution in [0.15, 0.2) is 102 Å². The first-order valence-electron chi connectivity index (χ1n) is 12.5. The molecule has 2 heterocycles. The van der Waals surface area contributed by atoms with Crippen LogP contribution in [0.2, 0.25) is 0 Å². The third-order valence-corrected chi connectivity index (χ3v) is 8.27. The molecule has 4 nitrogen and oxygen atoms in total. The van der Waals surface area contributed by atoms with Gasteiger partial charge >= 0.3 is 0 Å². The second kappa shape index (κ2) is 9.66. The zero-order valence-electron chi connectivity index (χ0n) is 20.9. The van der Waals surface area contributed by atoms with E-state index in [4.69, 9.17) is 0 Å². The van der Waals surface area contributed by atoms with Crippen molar-refractivity contribution in [3.63, 3.8) is 0 Å². The first-order chi connectivity index (χ1) is 18.0. The van der Waals surface area contributed by atoms with Crippen molar-refractivity contribution in [3.05, 3.63) is 113 Å². The average Bonchev–Trinajstić information content (AvgIpc) is 3.38. The molecule has 2 aromatic heterocycles. The minimum absolute atomic E-state index is 0.414. The molecular formula is C32H28BrN3O. The molecule has 0 spiro atoms. The molecule has 0 aliphatic heterocycles. The summed E-state index contributed by atoms with van der Waals surface area (Å²) >= 11 is 3.62. The average molecular weight is 551 g/mol. The van der Waals surface area contributed by atoms with Crippen LogP contribution < -0.4 is 0 Å². The highest BCUT2D eigenvalue weighted by atomic mass is 79.9. The third-order valence-electron chi connectivity index (χ3n) is 7.13. The molecule has 1 N–H and O–H groups in total. The monoisotopic (exact) mass is 549 g/mol. The maximum absolute atomic E-state index is 11.5. The lowest BCUT2D eigenvalue weighted by Crippen LogP contribution is -2.24. The SMILES string of the molecule is Cc1nn(C[C@@H](O)Cn2c(-c3ccccc3)c(-c3ccccc3)c3ccc4ccccc4c32)c(C)c1Br. The Kier molecular flexibility index (Phi) is 6.19. The Bertz CT molecular complexity index is 1720. The van der Waals surface area contributed by atoms with E-state index in [1.54, 1.807) is 0 Å². The largest absolute Gasteiger partial charge is 0.389 e. The highest BCUT2D eigenvalue weighted by molar-refractivity contribution is 9.10. The molecule has 6 aromatic rings. The van der Waals surface area contributed by atoms with Gasteiger partial charge in [0.05, 0.1) is 40.6 Å². The number of aryl methyl sites for hydroxylation is 1. The molecule has 0 bridgehead atoms. The zero-order chi connectivity index (χ0) is 25.5. The Morgan fingerprint density at radius 3 is 2.08 bits per heavy atom. The summed E-state index contributed by atoms with van der Waals surface area (Å²) in [4.78, 5) is 0. The van der Waals surface area contributed by atoms with Gasteiger partial charge in [0.2, 0.25) is 0 Å². The summed E-state index contributed by atoms with van der Waals surface area (Å²) in [5.74, 6) is 0. The van der Waals surface area contributed by atoms with Crippen molar-refractivity contribution in [1.29, 1.82) is 0 Å². The van der Waals surface area contributed by atoms with Gasteiger partial charge in [-0.2, -0.15) is 5.10 Å². The molecule has 0 unspecified atom stereocenters. The van der Waals surface area contributed by atoms with E-state index in [1.807, 2.05) is 24.6 Å². The number of hydrogen-bond donors (Lipinski definition) is 1. The number of nitrogens with zero attached hydrogens (tertiary/aromatic N) is 3. The fraction of sp³-hybridized carbons (Fsp3) is 0.156. The van der Waals surface area contributed by atoms with Crippen LogP contribution in [0.1, 0.15) is 11.4 Å². The fourth-order valence-corrected chi connectivity index (χ4v) is 5.70. The van der Waals surface area contributed by atoms with E-state index >= 15 is 0 Å². The minimum Gasteiger partial charge on any atom is -0.389 e. The first kappa shape index (κ1) is 23.7. The van der Waals surface area contributed by atoms with Gasteiger partial charge in [0, 0.05) is 22.0 Å². The van der Waals surface area contributed by atoms with Crippen LogP contribution in [0.5, 0.6) is 0 Å². The molecule has 0 fully saturated rings. The molecule has 0 saturated carbocycles. The topological polar surface area (TPSA) is 43.0 Å². The highest BCUT2D eigenvalue weighted by Gasteiger charge is 2.23. The van der Waals surface area contributed by atoms with Crippen LogP contribution in [0.4, 0.5) is 0 Å². The minimum atomic E-state index is -0.634. The van der Waals surface area contributed by atoms with Gasteiger partial charge in [-0.25, -0.2) is 0 Å². The van der Waals surface area contributed by atoms with Gasteiger partial charge in [0.15, 0.2) is 0 Å². The predicted molar refractivity (Wildman–Crippen MR) is 156 cm³/mol. The first-order valence-corrected chi connectivity index (χ1v) is 13.3. The number of aromatic nitrogens is 3. The van der Waals surface area contributed by atoms with Gasteiger partial charge in [-0.3, -0.25) is 4.68 Å². The molecule has 5 heteroatoms. The quantitative estimate of drug-likeness (QED) is 0.230. The maximum atomic E-state index is 11.5. The second-order valence-electron chi connectivity index (χ2n) is 9.57. The second-order valence-corrected chi connectivity index (χ2v) is 10.4. The van der Waals surface area contributed by atoms with Gasteiger partial charge in [0.25, 0.3) is 0 Å². The Balaban J connectivity index is 1.61. The Morgan fingerprint density at radius 2 is 1.41 bits per heavy atom. The van der Waals surface area contributed by atoms with E-state index < -0.39 is 6.10 Å². The smallest absolute Gasteiger partial charge is 0.0914 e. The van der Waals surface area contributed by atoms with Crippen LogP contribution in [0.25, 0.3) is 44.1 Å². The van der Waals surface area contributed by atoms with Crippen molar-refractivity contribution in [2.75, 3.05) is 0 Å². The van der Waals surface area contributed by atoms with Crippen LogP contribution in [-0.2, 0) is 13.1 Å². The van der Waals surface area contributed by atoms with Gasteiger partial charge in [-0.05, 0) is 46.3 Å². The molecule has 0 saturated heterocycles. The fourth-order valence-electron chi connectivity index (χ4n) is 5.42. The van der Waals surface area contributed by atoms with Crippen LogP contribution in [-0.4, -0.2) is 25.6 Å². The van der Waals surface area contributed by atoms with Crippen LogP contribution in [0, 0.1) is 13.8 Å². The summed E-state index contributed by atoms with van der Waals surface area (Å²) in [5.41, 5.74) is 7.69. The van der Waals surface area contributed by atoms with E-state index in [1.165, 1.54) is 21.7 Å². The number of fused-ring (bicyclic) bond motifs is 3. The van der Waals surface area contributed by atoms with Crippen molar-refractivity contribution >= 4 is 37.6 Å². The molecular weight excluding hydrogens is 522 g/mol. The summed E-state index contributed by atoms with van der Waals surface area (Å²) in [6.45, 7) is 4.86. The van der Waals surface area contributed by atoms with E-state index in [0.717, 1.165) is 38.2 Å². The number of halogens is 1. The molecule has 1 atom stereocenters. The van der Waals surface area contributed by atoms with E-state index in [9.17, 15) is 5.11 Å². The molecule has 6 rings (SSSR count). The van der Waals surface area contributed by atoms with Gasteiger partial charge < -0.3 is 9.67 Å². The molecule has 4 aromatic carbocycles. The standard InChI is InChI=1S/C32H28BrN3O/c1-21-30(33)22(2)36(34-21)20-26(37)19-35-31(25-14-7-4-8-15-25)29(24-12-5-3-6-13-24)28-18-17-23-11-9-10-16-27(23)32(28)35/h3-18,26,37H,19-20H2,1-2H3/t26-/m0/s1. The zero-order valence-corrected chi connectivity index (χ0v) is 22.5. The lowest BCUT2D eigenvalue weighted by Gasteiger charge is -2.18. The molecule has 37 heavy (non-hydrogen) atoms. The lowest BCUT2D eigenvalue weighted by atomic mass is 9.97. The highest BCUT2D eigenvalue weighted by Crippen LogP contribution is 2.43. The number of aliphatic hydroxyl groups is 1. The molecule has 0 aliphatic carbocycles. The summed E-state index contributed by atoms with van der Waals surface area (Å²) in [6.07, 6.45) is -0.634. The Morgan fingerprint density at radius 1 is 0.757 bits per heavy atom. The third kappa shape index (κ3) is 4.18. The summed E-state index contributed by atoms with van der Waals surface area (Å²) in [6, 6.07) is 34.0. The van der Waals surface area contributed by atoms with Gasteiger partial charge in [-0.1, -0.05) is 97.1 Å². The van der Waals surface area contributed by atoms with Crippen molar-refractivity contribution in [1.82, 2.24) is 14.3 Å². The molecule has 0 radical (unpaired) electrons. The molecule has 0 amide bonds. The normalized spacial score (nSPS) is 12.4. The number of rotatable bonds is 6. The van der Waals surface area contributed by atoms with E-state index in [0.29, 0.717) is 13.1 Å². The summed E-state index contributed by atoms with van der Waals surface area (Å²) in [5, 5.41) is 19.7. The number of aliphatic hydroxyl groups excluding tert-OH is 1. The van der Waals surface area contributed by atoms with E-state index in [2.05, 4.69) is 117 Å². The van der Waals surface area contributed by atoms with Crippen molar-refractivity contribution in [3.8, 4) is 22.4 Å². The predicted octanol–water partition coefficient (Wildman–Crippen LogP) is 7.77. The molecule has 184 valence electrons. The van der Waals surface area contributed by atoms with Crippen molar-refractivity contribution in [2.45, 2.75) is 33.0 Å². The molecule has 0 aliphatic rings. The number of hydrogen-bond acceptors (Lipinski definition) is 2. The van der Waals surface area contributed by atoms with Crippen molar-refractivity contribution < 1.29 is 5.11 Å². The van der Waals surface area contributed by atoms with Gasteiger partial charge in [0.1, 0.15) is 0 Å². The Hall–Kier alpha value is -3.67. The summed E-state index contributed by atoms with van der Waals surface area (Å²) < 4.78 is 5.21. The van der Waals surface area contributed by atoms with Gasteiger partial charge in [-0.15, -0.1) is 0 Å². The number of benzene rings is 4. The maximum Gasteiger partial charge on any atom is 0.0914 e. The van der Waals surface area contributed by atoms with Crippen LogP contribution in [0.3, 0.4) is 0 Å². The summed E-state index contributed by atoms with van der Waals surface area (Å²) in [7, 11) is 0. The van der Waals surface area contributed by atoms with Crippen LogP contribution >= 0.6 is 15.9 Å². The lowest BCUT2D eigenvalue weighted by molar-refractivity contribution is 0.131. The van der Waals surface area contributed by atoms with Crippen molar-refractivity contribution in [2.24, 2.45) is 0 Å². The van der Waals surface area contributed by atoms with E-state index in [-0.39, 0.29) is 0 Å². The Labute approximate surface area is 224 Å².